The highest BCUT2D eigenvalue weighted by Crippen LogP contribution is 2.38. The zero-order valence-electron chi connectivity index (χ0n) is 23.5. The molecule has 0 aromatic heterocycles. The predicted molar refractivity (Wildman–Crippen MR) is 154 cm³/mol. The molecule has 0 radical (unpaired) electrons. The van der Waals surface area contributed by atoms with Crippen molar-refractivity contribution in [3.05, 3.63) is 90.3 Å². The molecule has 0 spiro atoms. The predicted octanol–water partition coefficient (Wildman–Crippen LogP) is 9.17. The molecule has 0 amide bonds. The fraction of sp³-hybridized carbons (Fsp3) is 0.382. The Bertz CT molecular complexity index is 1310. The van der Waals surface area contributed by atoms with Crippen LogP contribution in [0.5, 0.6) is 17.2 Å². The second kappa shape index (κ2) is 14.8. The Balaban J connectivity index is 1.32. The minimum Gasteiger partial charge on any atom is -0.494 e. The summed E-state index contributed by atoms with van der Waals surface area (Å²) in [5, 5.41) is 0. The van der Waals surface area contributed by atoms with E-state index in [0.717, 1.165) is 31.2 Å². The standard InChI is InChI=1S/C34H37F3O4/c1-3-5-7-21-40-30-18-14-26(22-29(30)35)23-8-10-25(11-9-23)34(38)41-31-19-17-28(32(36)33(31)37)24-12-15-27(16-13-24)39-20-6-4-2/h3,12-19,22-23,25H,1,4-11,20-21H2,2H3. The van der Waals surface area contributed by atoms with Gasteiger partial charge in [-0.3, -0.25) is 4.79 Å². The summed E-state index contributed by atoms with van der Waals surface area (Å²) in [5.74, 6) is -3.14. The maximum absolute atomic E-state index is 15.0. The van der Waals surface area contributed by atoms with Crippen molar-refractivity contribution in [2.45, 2.75) is 64.2 Å². The van der Waals surface area contributed by atoms with E-state index in [1.54, 1.807) is 36.4 Å². The molecule has 0 N–H and O–H groups in total. The number of ether oxygens (including phenoxy) is 3. The van der Waals surface area contributed by atoms with Crippen molar-refractivity contribution in [3.63, 3.8) is 0 Å². The lowest BCUT2D eigenvalue weighted by atomic mass is 9.78. The van der Waals surface area contributed by atoms with Crippen LogP contribution in [0.2, 0.25) is 0 Å². The van der Waals surface area contributed by atoms with Crippen LogP contribution in [-0.2, 0) is 4.79 Å². The molecule has 41 heavy (non-hydrogen) atoms. The average Bonchev–Trinajstić information content (AvgIpc) is 2.99. The van der Waals surface area contributed by atoms with Gasteiger partial charge in [0.1, 0.15) is 5.75 Å². The van der Waals surface area contributed by atoms with Crippen LogP contribution in [-0.4, -0.2) is 19.2 Å². The van der Waals surface area contributed by atoms with Crippen molar-refractivity contribution in [1.29, 1.82) is 0 Å². The van der Waals surface area contributed by atoms with Crippen LogP contribution in [0.1, 0.15) is 69.8 Å². The van der Waals surface area contributed by atoms with Crippen LogP contribution in [0.25, 0.3) is 11.1 Å². The van der Waals surface area contributed by atoms with Crippen molar-refractivity contribution in [3.8, 4) is 28.4 Å². The highest BCUT2D eigenvalue weighted by atomic mass is 19.2. The third-order valence-electron chi connectivity index (χ3n) is 7.49. The van der Waals surface area contributed by atoms with Gasteiger partial charge in [-0.2, -0.15) is 4.39 Å². The quantitative estimate of drug-likeness (QED) is 0.0896. The lowest BCUT2D eigenvalue weighted by Crippen LogP contribution is -2.25. The van der Waals surface area contributed by atoms with Crippen molar-refractivity contribution >= 4 is 5.97 Å². The van der Waals surface area contributed by atoms with Crippen LogP contribution in [0, 0.1) is 23.4 Å². The first-order valence-electron chi connectivity index (χ1n) is 14.4. The second-order valence-corrected chi connectivity index (χ2v) is 10.4. The molecule has 0 bridgehead atoms. The Kier molecular flexibility index (Phi) is 10.9. The van der Waals surface area contributed by atoms with Gasteiger partial charge < -0.3 is 14.2 Å². The molecule has 4 rings (SSSR count). The average molecular weight is 567 g/mol. The van der Waals surface area contributed by atoms with Gasteiger partial charge in [0.2, 0.25) is 5.82 Å². The van der Waals surface area contributed by atoms with Crippen LogP contribution in [0.15, 0.2) is 67.3 Å². The number of esters is 1. The minimum atomic E-state index is -1.20. The van der Waals surface area contributed by atoms with E-state index in [-0.39, 0.29) is 17.2 Å². The topological polar surface area (TPSA) is 44.8 Å². The van der Waals surface area contributed by atoms with Gasteiger partial charge in [0.05, 0.1) is 19.1 Å². The molecule has 4 nitrogen and oxygen atoms in total. The highest BCUT2D eigenvalue weighted by molar-refractivity contribution is 5.76. The number of allylic oxidation sites excluding steroid dienone is 1. The van der Waals surface area contributed by atoms with E-state index < -0.39 is 35.1 Å². The highest BCUT2D eigenvalue weighted by Gasteiger charge is 2.30. The SMILES string of the molecule is C=CCCCOc1ccc(C2CCC(C(=O)Oc3ccc(-c4ccc(OCCCC)cc4)c(F)c3F)CC2)cc1F. The fourth-order valence-electron chi connectivity index (χ4n) is 5.05. The maximum Gasteiger partial charge on any atom is 0.314 e. The summed E-state index contributed by atoms with van der Waals surface area (Å²) in [5.41, 5.74) is 1.42. The summed E-state index contributed by atoms with van der Waals surface area (Å²) in [4.78, 5) is 12.8. The molecule has 7 heteroatoms. The molecule has 0 aliphatic heterocycles. The van der Waals surface area contributed by atoms with Crippen LogP contribution < -0.4 is 14.2 Å². The normalized spacial score (nSPS) is 16.7. The zero-order valence-corrected chi connectivity index (χ0v) is 23.5. The summed E-state index contributed by atoms with van der Waals surface area (Å²) in [7, 11) is 0. The molecule has 1 aliphatic rings. The molecule has 0 saturated heterocycles. The molecular weight excluding hydrogens is 529 g/mol. The Morgan fingerprint density at radius 3 is 2.27 bits per heavy atom. The number of carbonyl (C=O) groups excluding carboxylic acids is 1. The van der Waals surface area contributed by atoms with Gasteiger partial charge in [0, 0.05) is 5.56 Å². The van der Waals surface area contributed by atoms with E-state index in [1.807, 2.05) is 6.07 Å². The van der Waals surface area contributed by atoms with Crippen LogP contribution in [0.4, 0.5) is 13.2 Å². The molecule has 0 unspecified atom stereocenters. The summed E-state index contributed by atoms with van der Waals surface area (Å²) in [6.07, 6.45) is 7.68. The van der Waals surface area contributed by atoms with E-state index in [2.05, 4.69) is 13.5 Å². The number of halogens is 3. The Morgan fingerprint density at radius 1 is 0.878 bits per heavy atom. The van der Waals surface area contributed by atoms with Crippen molar-refractivity contribution in [2.75, 3.05) is 13.2 Å². The maximum atomic E-state index is 15.0. The van der Waals surface area contributed by atoms with Crippen LogP contribution >= 0.6 is 0 Å². The van der Waals surface area contributed by atoms with Crippen molar-refractivity contribution in [2.24, 2.45) is 5.92 Å². The first-order chi connectivity index (χ1) is 19.9. The Labute approximate surface area is 240 Å². The van der Waals surface area contributed by atoms with Gasteiger partial charge in [-0.25, -0.2) is 8.78 Å². The summed E-state index contributed by atoms with van der Waals surface area (Å²) in [6.45, 7) is 6.75. The Hall–Kier alpha value is -3.74. The van der Waals surface area contributed by atoms with E-state index in [4.69, 9.17) is 14.2 Å². The third kappa shape index (κ3) is 7.93. The molecule has 0 atom stereocenters. The molecule has 0 heterocycles. The summed E-state index contributed by atoms with van der Waals surface area (Å²) < 4.78 is 60.8. The van der Waals surface area contributed by atoms with Gasteiger partial charge >= 0.3 is 5.97 Å². The van der Waals surface area contributed by atoms with Gasteiger partial charge in [-0.1, -0.05) is 37.6 Å². The smallest absolute Gasteiger partial charge is 0.314 e. The van der Waals surface area contributed by atoms with Crippen molar-refractivity contribution < 1.29 is 32.2 Å². The van der Waals surface area contributed by atoms with E-state index in [1.165, 1.54) is 18.2 Å². The van der Waals surface area contributed by atoms with Gasteiger partial charge in [-0.05, 0) is 98.4 Å². The van der Waals surface area contributed by atoms with Crippen LogP contribution in [0.3, 0.4) is 0 Å². The molecule has 1 aliphatic carbocycles. The number of rotatable bonds is 13. The molecule has 218 valence electrons. The first kappa shape index (κ1) is 30.2. The summed E-state index contributed by atoms with van der Waals surface area (Å²) >= 11 is 0. The minimum absolute atomic E-state index is 0.0725. The summed E-state index contributed by atoms with van der Waals surface area (Å²) in [6, 6.07) is 14.5. The zero-order chi connectivity index (χ0) is 29.2. The van der Waals surface area contributed by atoms with E-state index in [0.29, 0.717) is 50.2 Å². The number of unbranched alkanes of at least 4 members (excludes halogenated alkanes) is 2. The van der Waals surface area contributed by atoms with Crippen molar-refractivity contribution in [1.82, 2.24) is 0 Å². The number of hydrogen-bond donors (Lipinski definition) is 0. The Morgan fingerprint density at radius 2 is 1.59 bits per heavy atom. The van der Waals surface area contributed by atoms with Gasteiger partial charge in [0.15, 0.2) is 23.1 Å². The number of benzene rings is 3. The number of carbonyl (C=O) groups is 1. The molecule has 1 fully saturated rings. The first-order valence-corrected chi connectivity index (χ1v) is 14.4. The largest absolute Gasteiger partial charge is 0.494 e. The van der Waals surface area contributed by atoms with E-state index >= 15 is 0 Å². The molecular formula is C34H37F3O4. The number of hydrogen-bond acceptors (Lipinski definition) is 4. The second-order valence-electron chi connectivity index (χ2n) is 10.4. The lowest BCUT2D eigenvalue weighted by Gasteiger charge is -2.27. The lowest BCUT2D eigenvalue weighted by molar-refractivity contribution is -0.140. The molecule has 3 aromatic carbocycles. The molecule has 1 saturated carbocycles. The van der Waals surface area contributed by atoms with Gasteiger partial charge in [0.25, 0.3) is 0 Å². The van der Waals surface area contributed by atoms with Gasteiger partial charge in [-0.15, -0.1) is 6.58 Å². The third-order valence-corrected chi connectivity index (χ3v) is 7.49. The molecule has 3 aromatic rings. The fourth-order valence-corrected chi connectivity index (χ4v) is 5.05. The monoisotopic (exact) mass is 566 g/mol. The van der Waals surface area contributed by atoms with E-state index in [9.17, 15) is 18.0 Å².